The molecule has 4 nitrogen and oxygen atoms in total. The number of rotatable bonds is 4. The van der Waals surface area contributed by atoms with Crippen molar-refractivity contribution in [3.8, 4) is 0 Å². The van der Waals surface area contributed by atoms with Crippen LogP contribution in [0.4, 0.5) is 5.69 Å². The molecule has 1 aliphatic rings. The number of piperidine rings is 1. The number of carbonyl (C=O) groups is 1. The second-order valence-corrected chi connectivity index (χ2v) is 7.24. The summed E-state index contributed by atoms with van der Waals surface area (Å²) in [6.45, 7) is 8.75. The average Bonchev–Trinajstić information content (AvgIpc) is 2.48. The van der Waals surface area contributed by atoms with Crippen LogP contribution in [0.2, 0.25) is 0 Å². The Labute approximate surface area is 133 Å². The Balaban J connectivity index is 2.09. The second-order valence-electron chi connectivity index (χ2n) is 7.24. The van der Waals surface area contributed by atoms with Crippen LogP contribution in [-0.4, -0.2) is 32.7 Å². The van der Waals surface area contributed by atoms with E-state index in [4.69, 9.17) is 4.74 Å². The summed E-state index contributed by atoms with van der Waals surface area (Å²) in [5.74, 6) is 0.0689. The van der Waals surface area contributed by atoms with Crippen molar-refractivity contribution >= 4 is 11.6 Å². The minimum absolute atomic E-state index is 0.0689. The van der Waals surface area contributed by atoms with Crippen molar-refractivity contribution in [2.45, 2.75) is 39.0 Å². The largest absolute Gasteiger partial charge is 0.384 e. The maximum atomic E-state index is 12.7. The Morgan fingerprint density at radius 2 is 1.82 bits per heavy atom. The lowest BCUT2D eigenvalue weighted by molar-refractivity contribution is -0.130. The van der Waals surface area contributed by atoms with Crippen molar-refractivity contribution in [3.05, 3.63) is 29.8 Å². The van der Waals surface area contributed by atoms with Crippen LogP contribution in [0.25, 0.3) is 0 Å². The van der Waals surface area contributed by atoms with Gasteiger partial charge >= 0.3 is 0 Å². The van der Waals surface area contributed by atoms with E-state index in [1.165, 1.54) is 5.56 Å². The molecule has 0 atom stereocenters. The van der Waals surface area contributed by atoms with Crippen molar-refractivity contribution < 1.29 is 9.53 Å². The summed E-state index contributed by atoms with van der Waals surface area (Å²) in [5.41, 5.74) is 1.82. The standard InChI is InChI=1S/C18H28N2O2/c1-17(2,3)14-5-7-15(8-6-14)20-16(21)18(13-22-4)9-11-19-12-10-18/h5-8,19H,9-13H2,1-4H3,(H,20,21). The summed E-state index contributed by atoms with van der Waals surface area (Å²) < 4.78 is 5.32. The fraction of sp³-hybridized carbons (Fsp3) is 0.611. The molecule has 1 fully saturated rings. The molecule has 1 amide bonds. The van der Waals surface area contributed by atoms with Crippen LogP contribution in [0.3, 0.4) is 0 Å². The van der Waals surface area contributed by atoms with Crippen molar-refractivity contribution in [3.63, 3.8) is 0 Å². The molecule has 1 aliphatic heterocycles. The Bertz CT molecular complexity index is 491. The van der Waals surface area contributed by atoms with Gasteiger partial charge in [-0.2, -0.15) is 0 Å². The lowest BCUT2D eigenvalue weighted by Crippen LogP contribution is -2.47. The molecular formula is C18H28N2O2. The van der Waals surface area contributed by atoms with Crippen LogP contribution >= 0.6 is 0 Å². The number of hydrogen-bond donors (Lipinski definition) is 2. The zero-order chi connectivity index (χ0) is 16.2. The normalized spacial score (nSPS) is 18.0. The molecule has 1 saturated heterocycles. The molecular weight excluding hydrogens is 276 g/mol. The maximum Gasteiger partial charge on any atom is 0.233 e. The first-order valence-electron chi connectivity index (χ1n) is 7.99. The predicted octanol–water partition coefficient (Wildman–Crippen LogP) is 2.94. The lowest BCUT2D eigenvalue weighted by atomic mass is 9.78. The molecule has 1 aromatic carbocycles. The van der Waals surface area contributed by atoms with Crippen molar-refractivity contribution in [2.75, 3.05) is 32.1 Å². The van der Waals surface area contributed by atoms with E-state index in [1.807, 2.05) is 12.1 Å². The summed E-state index contributed by atoms with van der Waals surface area (Å²) in [7, 11) is 1.66. The van der Waals surface area contributed by atoms with Gasteiger partial charge in [0.25, 0.3) is 0 Å². The number of carbonyl (C=O) groups excluding carboxylic acids is 1. The zero-order valence-electron chi connectivity index (χ0n) is 14.2. The quantitative estimate of drug-likeness (QED) is 0.899. The van der Waals surface area contributed by atoms with Crippen molar-refractivity contribution in [1.82, 2.24) is 5.32 Å². The molecule has 0 bridgehead atoms. The SMILES string of the molecule is COCC1(C(=O)Nc2ccc(C(C)(C)C)cc2)CCNCC1. The van der Waals surface area contributed by atoms with Gasteiger partial charge in [-0.1, -0.05) is 32.9 Å². The van der Waals surface area contributed by atoms with Gasteiger partial charge in [0.05, 0.1) is 12.0 Å². The van der Waals surface area contributed by atoms with Gasteiger partial charge in [-0.25, -0.2) is 0 Å². The first-order chi connectivity index (χ1) is 10.4. The molecule has 122 valence electrons. The Kier molecular flexibility index (Phi) is 5.24. The minimum Gasteiger partial charge on any atom is -0.384 e. The van der Waals surface area contributed by atoms with Gasteiger partial charge in [-0.05, 0) is 49.0 Å². The summed E-state index contributed by atoms with van der Waals surface area (Å²) in [6.07, 6.45) is 1.62. The summed E-state index contributed by atoms with van der Waals surface area (Å²) >= 11 is 0. The molecule has 22 heavy (non-hydrogen) atoms. The van der Waals surface area contributed by atoms with Crippen LogP contribution in [0.15, 0.2) is 24.3 Å². The van der Waals surface area contributed by atoms with Gasteiger partial charge in [0.2, 0.25) is 5.91 Å². The fourth-order valence-electron chi connectivity index (χ4n) is 2.94. The first kappa shape index (κ1) is 17.0. The third kappa shape index (κ3) is 3.87. The highest BCUT2D eigenvalue weighted by molar-refractivity contribution is 5.95. The van der Waals surface area contributed by atoms with Crippen LogP contribution < -0.4 is 10.6 Å². The highest BCUT2D eigenvalue weighted by Crippen LogP contribution is 2.31. The number of benzene rings is 1. The Hall–Kier alpha value is -1.39. The topological polar surface area (TPSA) is 50.4 Å². The van der Waals surface area contributed by atoms with Gasteiger partial charge in [-0.3, -0.25) is 4.79 Å². The fourth-order valence-corrected chi connectivity index (χ4v) is 2.94. The molecule has 0 spiro atoms. The van der Waals surface area contributed by atoms with Gasteiger partial charge in [0, 0.05) is 12.8 Å². The van der Waals surface area contributed by atoms with E-state index in [1.54, 1.807) is 7.11 Å². The average molecular weight is 304 g/mol. The third-order valence-electron chi connectivity index (χ3n) is 4.47. The van der Waals surface area contributed by atoms with Crippen LogP contribution in [-0.2, 0) is 14.9 Å². The van der Waals surface area contributed by atoms with E-state index >= 15 is 0 Å². The molecule has 0 saturated carbocycles. The van der Waals surface area contributed by atoms with Gasteiger partial charge in [0.1, 0.15) is 0 Å². The first-order valence-corrected chi connectivity index (χ1v) is 7.99. The molecule has 4 heteroatoms. The molecule has 0 aromatic heterocycles. The second kappa shape index (κ2) is 6.80. The molecule has 0 aliphatic carbocycles. The molecule has 0 unspecified atom stereocenters. The lowest BCUT2D eigenvalue weighted by Gasteiger charge is -2.35. The van der Waals surface area contributed by atoms with E-state index in [0.29, 0.717) is 6.61 Å². The smallest absolute Gasteiger partial charge is 0.233 e. The van der Waals surface area contributed by atoms with Gasteiger partial charge < -0.3 is 15.4 Å². The van der Waals surface area contributed by atoms with Gasteiger partial charge in [-0.15, -0.1) is 0 Å². The van der Waals surface area contributed by atoms with Crippen LogP contribution in [0, 0.1) is 5.41 Å². The number of anilines is 1. The van der Waals surface area contributed by atoms with Gasteiger partial charge in [0.15, 0.2) is 0 Å². The highest BCUT2D eigenvalue weighted by atomic mass is 16.5. The minimum atomic E-state index is -0.414. The van der Waals surface area contributed by atoms with E-state index in [2.05, 4.69) is 43.5 Å². The number of amides is 1. The third-order valence-corrected chi connectivity index (χ3v) is 4.47. The number of nitrogens with one attached hydrogen (secondary N) is 2. The van der Waals surface area contributed by atoms with E-state index in [9.17, 15) is 4.79 Å². The number of methoxy groups -OCH3 is 1. The highest BCUT2D eigenvalue weighted by Gasteiger charge is 2.39. The molecule has 1 aromatic rings. The summed E-state index contributed by atoms with van der Waals surface area (Å²) in [6, 6.07) is 8.14. The number of ether oxygens (including phenoxy) is 1. The molecule has 1 heterocycles. The maximum absolute atomic E-state index is 12.7. The molecule has 0 radical (unpaired) electrons. The van der Waals surface area contributed by atoms with E-state index in [-0.39, 0.29) is 11.3 Å². The Morgan fingerprint density at radius 3 is 2.32 bits per heavy atom. The van der Waals surface area contributed by atoms with Crippen LogP contribution in [0.5, 0.6) is 0 Å². The summed E-state index contributed by atoms with van der Waals surface area (Å²) in [5, 5.41) is 6.37. The van der Waals surface area contributed by atoms with E-state index < -0.39 is 5.41 Å². The number of hydrogen-bond acceptors (Lipinski definition) is 3. The zero-order valence-corrected chi connectivity index (χ0v) is 14.2. The van der Waals surface area contributed by atoms with E-state index in [0.717, 1.165) is 31.6 Å². The molecule has 2 N–H and O–H groups in total. The van der Waals surface area contributed by atoms with Crippen molar-refractivity contribution in [1.29, 1.82) is 0 Å². The monoisotopic (exact) mass is 304 g/mol. The molecule has 2 rings (SSSR count). The van der Waals surface area contributed by atoms with Crippen molar-refractivity contribution in [2.24, 2.45) is 5.41 Å². The van der Waals surface area contributed by atoms with Crippen LogP contribution in [0.1, 0.15) is 39.2 Å². The predicted molar refractivity (Wildman–Crippen MR) is 90.2 cm³/mol. The Morgan fingerprint density at radius 1 is 1.23 bits per heavy atom. The summed E-state index contributed by atoms with van der Waals surface area (Å²) in [4.78, 5) is 12.7.